The van der Waals surface area contributed by atoms with E-state index < -0.39 is 12.1 Å². The Morgan fingerprint density at radius 2 is 1.85 bits per heavy atom. The van der Waals surface area contributed by atoms with Crippen molar-refractivity contribution >= 4 is 23.7 Å². The van der Waals surface area contributed by atoms with Gasteiger partial charge in [-0.2, -0.15) is 4.57 Å². The number of benzene rings is 1. The van der Waals surface area contributed by atoms with Gasteiger partial charge in [-0.1, -0.05) is 4.99 Å². The quantitative estimate of drug-likeness (QED) is 0.761. The number of carbonyl (C=O) groups excluding carboxylic acids is 2. The number of hydrogen-bond acceptors (Lipinski definition) is 5. The van der Waals surface area contributed by atoms with E-state index in [1.807, 2.05) is 29.8 Å². The molecule has 2 aliphatic heterocycles. The molecular weight excluding hydrogens is 350 g/mol. The first-order chi connectivity index (χ1) is 12.9. The van der Waals surface area contributed by atoms with Crippen molar-refractivity contribution in [1.82, 2.24) is 14.4 Å². The molecule has 3 heterocycles. The SMILES string of the molecule is COc1ccc(-n2c(C)c[n+]3c2N=C2C3C(=O)N(C)C(=O)N2C)c(OC)c1. The number of rotatable bonds is 3. The third-order valence-electron chi connectivity index (χ3n) is 4.96. The van der Waals surface area contributed by atoms with Crippen LogP contribution in [0.2, 0.25) is 0 Å². The average Bonchev–Trinajstić information content (AvgIpc) is 3.18. The third kappa shape index (κ3) is 2.24. The molecule has 27 heavy (non-hydrogen) atoms. The van der Waals surface area contributed by atoms with Gasteiger partial charge < -0.3 is 9.47 Å². The highest BCUT2D eigenvalue weighted by Gasteiger charge is 2.52. The van der Waals surface area contributed by atoms with Crippen LogP contribution >= 0.6 is 0 Å². The number of likely N-dealkylation sites (N-methyl/N-ethyl adjacent to an activating group) is 2. The molecule has 0 N–H and O–H groups in total. The van der Waals surface area contributed by atoms with Gasteiger partial charge >= 0.3 is 12.0 Å². The summed E-state index contributed by atoms with van der Waals surface area (Å²) in [6.07, 6.45) is 1.86. The van der Waals surface area contributed by atoms with Crippen molar-refractivity contribution in [3.05, 3.63) is 30.1 Å². The van der Waals surface area contributed by atoms with Gasteiger partial charge in [0, 0.05) is 20.2 Å². The van der Waals surface area contributed by atoms with Crippen molar-refractivity contribution in [2.24, 2.45) is 4.99 Å². The Bertz CT molecular complexity index is 1010. The number of nitrogens with zero attached hydrogens (tertiary/aromatic N) is 5. The van der Waals surface area contributed by atoms with E-state index in [0.29, 0.717) is 23.3 Å². The first-order valence-corrected chi connectivity index (χ1v) is 8.38. The maximum Gasteiger partial charge on any atom is 0.407 e. The fourth-order valence-corrected chi connectivity index (χ4v) is 3.53. The maximum absolute atomic E-state index is 12.7. The van der Waals surface area contributed by atoms with E-state index in [1.54, 1.807) is 31.9 Å². The highest BCUT2D eigenvalue weighted by atomic mass is 16.5. The van der Waals surface area contributed by atoms with Gasteiger partial charge in [0.2, 0.25) is 11.9 Å². The van der Waals surface area contributed by atoms with Crippen molar-refractivity contribution in [3.8, 4) is 17.2 Å². The van der Waals surface area contributed by atoms with Crippen molar-refractivity contribution in [1.29, 1.82) is 0 Å². The molecule has 0 saturated carbocycles. The Balaban J connectivity index is 1.91. The van der Waals surface area contributed by atoms with E-state index in [4.69, 9.17) is 9.47 Å². The average molecular weight is 370 g/mol. The van der Waals surface area contributed by atoms with Crippen LogP contribution in [0.5, 0.6) is 11.5 Å². The number of amidine groups is 1. The van der Waals surface area contributed by atoms with Crippen molar-refractivity contribution in [2.75, 3.05) is 28.3 Å². The van der Waals surface area contributed by atoms with E-state index in [0.717, 1.165) is 16.3 Å². The van der Waals surface area contributed by atoms with E-state index in [-0.39, 0.29) is 5.91 Å². The van der Waals surface area contributed by atoms with Crippen molar-refractivity contribution in [2.45, 2.75) is 13.0 Å². The van der Waals surface area contributed by atoms with Crippen molar-refractivity contribution in [3.63, 3.8) is 0 Å². The van der Waals surface area contributed by atoms with E-state index in [1.165, 1.54) is 11.9 Å². The normalized spacial score (nSPS) is 18.4. The first kappa shape index (κ1) is 17.1. The summed E-state index contributed by atoms with van der Waals surface area (Å²) in [6, 6.07) is 4.44. The summed E-state index contributed by atoms with van der Waals surface area (Å²) in [7, 11) is 6.27. The standard InChI is InChI=1S/C18H20N5O4/c1-10-9-22-14-15(20(2)18(25)21(3)16(14)24)19-17(22)23(10)12-7-6-11(26-4)8-13(12)27-5/h6-9,14H,1-5H3/q+1. The maximum atomic E-state index is 12.7. The Morgan fingerprint density at radius 1 is 1.11 bits per heavy atom. The van der Waals surface area contributed by atoms with Gasteiger partial charge in [-0.15, -0.1) is 0 Å². The molecule has 0 bridgehead atoms. The van der Waals surface area contributed by atoms with E-state index >= 15 is 0 Å². The summed E-state index contributed by atoms with van der Waals surface area (Å²) >= 11 is 0. The zero-order valence-corrected chi connectivity index (χ0v) is 15.8. The monoisotopic (exact) mass is 370 g/mol. The van der Waals surface area contributed by atoms with Gasteiger partial charge in [-0.05, 0) is 19.1 Å². The van der Waals surface area contributed by atoms with Gasteiger partial charge in [0.05, 0.1) is 14.2 Å². The molecule has 9 nitrogen and oxygen atoms in total. The van der Waals surface area contributed by atoms with Gasteiger partial charge in [-0.3, -0.25) is 14.6 Å². The number of aromatic nitrogens is 2. The smallest absolute Gasteiger partial charge is 0.407 e. The number of aliphatic imine (C=N–C) groups is 1. The molecule has 2 aromatic rings. The molecule has 0 aliphatic carbocycles. The molecule has 1 aromatic carbocycles. The molecule has 140 valence electrons. The van der Waals surface area contributed by atoms with Crippen LogP contribution in [0.25, 0.3) is 5.69 Å². The Hall–Kier alpha value is -3.36. The molecule has 1 saturated heterocycles. The molecule has 0 spiro atoms. The predicted octanol–water partition coefficient (Wildman–Crippen LogP) is 1.20. The lowest BCUT2D eigenvalue weighted by atomic mass is 10.2. The molecule has 2 aliphatic rings. The molecule has 9 heteroatoms. The number of imidazole rings is 1. The van der Waals surface area contributed by atoms with Crippen LogP contribution in [0, 0.1) is 6.92 Å². The van der Waals surface area contributed by atoms with Crippen LogP contribution in [0.1, 0.15) is 11.7 Å². The molecule has 1 aromatic heterocycles. The fraction of sp³-hybridized carbons (Fsp3) is 0.333. The van der Waals surface area contributed by atoms with Crippen LogP contribution in [0.3, 0.4) is 0 Å². The van der Waals surface area contributed by atoms with E-state index in [9.17, 15) is 9.59 Å². The highest BCUT2D eigenvalue weighted by molar-refractivity contribution is 6.18. The summed E-state index contributed by atoms with van der Waals surface area (Å²) in [5.41, 5.74) is 1.65. The fourth-order valence-electron chi connectivity index (χ4n) is 3.53. The first-order valence-electron chi connectivity index (χ1n) is 8.38. The number of carbonyl (C=O) groups is 2. The molecule has 4 rings (SSSR count). The van der Waals surface area contributed by atoms with Gasteiger partial charge in [0.25, 0.3) is 5.91 Å². The van der Waals surface area contributed by atoms with Crippen LogP contribution in [-0.2, 0) is 4.79 Å². The van der Waals surface area contributed by atoms with Crippen LogP contribution in [0.4, 0.5) is 10.7 Å². The molecule has 1 fully saturated rings. The third-order valence-corrected chi connectivity index (χ3v) is 4.96. The second-order valence-electron chi connectivity index (χ2n) is 6.46. The van der Waals surface area contributed by atoms with Crippen LogP contribution in [0.15, 0.2) is 29.4 Å². The van der Waals surface area contributed by atoms with Crippen LogP contribution < -0.4 is 14.0 Å². The zero-order valence-electron chi connectivity index (χ0n) is 15.8. The van der Waals surface area contributed by atoms with Crippen molar-refractivity contribution < 1.29 is 23.6 Å². The molecular formula is C18H20N5O4+. The molecule has 0 radical (unpaired) electrons. The topological polar surface area (TPSA) is 80.2 Å². The summed E-state index contributed by atoms with van der Waals surface area (Å²) < 4.78 is 14.5. The summed E-state index contributed by atoms with van der Waals surface area (Å²) in [4.78, 5) is 32.1. The second kappa shape index (κ2) is 5.83. The predicted molar refractivity (Wildman–Crippen MR) is 95.9 cm³/mol. The molecule has 1 atom stereocenters. The number of urea groups is 1. The minimum Gasteiger partial charge on any atom is -0.497 e. The summed E-state index contributed by atoms with van der Waals surface area (Å²) in [5.74, 6) is 1.95. The number of methoxy groups -OCH3 is 2. The summed E-state index contributed by atoms with van der Waals surface area (Å²) in [5, 5.41) is 0. The van der Waals surface area contributed by atoms with Gasteiger partial charge in [0.15, 0.2) is 5.75 Å². The Labute approximate surface area is 156 Å². The number of imide groups is 1. The zero-order chi connectivity index (χ0) is 19.5. The lowest BCUT2D eigenvalue weighted by Crippen LogP contribution is -2.61. The second-order valence-corrected chi connectivity index (χ2v) is 6.46. The Kier molecular flexibility index (Phi) is 3.69. The summed E-state index contributed by atoms with van der Waals surface area (Å²) in [6.45, 7) is 1.93. The number of hydrogen-bond donors (Lipinski definition) is 0. The van der Waals surface area contributed by atoms with Gasteiger partial charge in [-0.25, -0.2) is 9.36 Å². The number of ether oxygens (including phenoxy) is 2. The number of fused-ring (bicyclic) bond motifs is 3. The van der Waals surface area contributed by atoms with Gasteiger partial charge in [0.1, 0.15) is 23.3 Å². The Morgan fingerprint density at radius 3 is 2.52 bits per heavy atom. The number of amides is 3. The minimum atomic E-state index is -0.656. The number of aryl methyl sites for hydroxylation is 1. The lowest BCUT2D eigenvalue weighted by Gasteiger charge is -2.30. The minimum absolute atomic E-state index is 0.306. The lowest BCUT2D eigenvalue weighted by molar-refractivity contribution is -0.676. The highest BCUT2D eigenvalue weighted by Crippen LogP contribution is 2.35. The molecule has 3 amide bonds. The van der Waals surface area contributed by atoms with Crippen LogP contribution in [-0.4, -0.2) is 60.5 Å². The van der Waals surface area contributed by atoms with E-state index in [2.05, 4.69) is 4.99 Å². The molecule has 1 unspecified atom stereocenters. The largest absolute Gasteiger partial charge is 0.497 e.